The normalized spacial score (nSPS) is 11.0. The molecule has 0 aliphatic heterocycles. The highest BCUT2D eigenvalue weighted by Crippen LogP contribution is 2.28. The molecule has 0 aliphatic carbocycles. The van der Waals surface area contributed by atoms with E-state index >= 15 is 0 Å². The first kappa shape index (κ1) is 9.34. The summed E-state index contributed by atoms with van der Waals surface area (Å²) >= 11 is 6.04. The molecule has 0 spiro atoms. The van der Waals surface area contributed by atoms with Crippen molar-refractivity contribution in [2.24, 2.45) is 0 Å². The van der Waals surface area contributed by atoms with Crippen LogP contribution in [0.3, 0.4) is 0 Å². The van der Waals surface area contributed by atoms with E-state index in [1.807, 2.05) is 22.9 Å². The van der Waals surface area contributed by atoms with Gasteiger partial charge in [-0.2, -0.15) is 5.10 Å². The van der Waals surface area contributed by atoms with Crippen molar-refractivity contribution in [3.8, 4) is 0 Å². The maximum atomic E-state index is 6.04. The van der Waals surface area contributed by atoms with Crippen molar-refractivity contribution in [2.45, 2.75) is 19.9 Å². The summed E-state index contributed by atoms with van der Waals surface area (Å²) in [5.74, 6) is 0.513. The maximum Gasteiger partial charge on any atom is 0.154 e. The summed E-state index contributed by atoms with van der Waals surface area (Å²) in [6.45, 7) is 2.97. The van der Waals surface area contributed by atoms with E-state index in [9.17, 15) is 0 Å². The number of fused-ring (bicyclic) bond motifs is 1. The topological polar surface area (TPSA) is 43.8 Å². The highest BCUT2D eigenvalue weighted by molar-refractivity contribution is 6.36. The molecule has 0 saturated heterocycles. The first-order valence-corrected chi connectivity index (χ1v) is 5.02. The van der Waals surface area contributed by atoms with Crippen molar-refractivity contribution in [1.29, 1.82) is 0 Å². The second kappa shape index (κ2) is 3.50. The van der Waals surface area contributed by atoms with Crippen LogP contribution in [0, 0.1) is 0 Å². The van der Waals surface area contributed by atoms with Crippen molar-refractivity contribution in [3.63, 3.8) is 0 Å². The number of aromatic nitrogens is 2. The third-order valence-electron chi connectivity index (χ3n) is 2.19. The Morgan fingerprint density at radius 2 is 2.29 bits per heavy atom. The number of anilines is 1. The number of hydrogen-bond donors (Lipinski definition) is 1. The Balaban J connectivity index is 2.71. The van der Waals surface area contributed by atoms with Gasteiger partial charge in [0.15, 0.2) is 5.82 Å². The molecular weight excluding hydrogens is 198 g/mol. The molecule has 2 rings (SSSR count). The molecule has 0 fully saturated rings. The predicted molar refractivity (Wildman–Crippen MR) is 59.4 cm³/mol. The number of nitrogens with zero attached hydrogens (tertiary/aromatic N) is 2. The van der Waals surface area contributed by atoms with Gasteiger partial charge in [0.2, 0.25) is 0 Å². The summed E-state index contributed by atoms with van der Waals surface area (Å²) in [6.07, 6.45) is 1.03. The van der Waals surface area contributed by atoms with Gasteiger partial charge in [0.1, 0.15) is 0 Å². The Morgan fingerprint density at radius 1 is 1.50 bits per heavy atom. The van der Waals surface area contributed by atoms with E-state index in [2.05, 4.69) is 12.0 Å². The Labute approximate surface area is 87.5 Å². The molecule has 0 radical (unpaired) electrons. The lowest BCUT2D eigenvalue weighted by Gasteiger charge is -1.99. The minimum atomic E-state index is 0.513. The molecule has 3 nitrogen and oxygen atoms in total. The molecule has 1 aromatic heterocycles. The van der Waals surface area contributed by atoms with Crippen molar-refractivity contribution >= 4 is 28.3 Å². The molecule has 2 aromatic rings. The average molecular weight is 210 g/mol. The van der Waals surface area contributed by atoms with Gasteiger partial charge in [-0.25, -0.2) is 0 Å². The summed E-state index contributed by atoms with van der Waals surface area (Å²) in [5, 5.41) is 5.78. The number of aryl methyl sites for hydroxylation is 1. The molecule has 2 N–H and O–H groups in total. The first-order valence-electron chi connectivity index (χ1n) is 4.64. The van der Waals surface area contributed by atoms with Gasteiger partial charge in [0.05, 0.1) is 15.9 Å². The zero-order valence-electron chi connectivity index (χ0n) is 8.00. The molecule has 4 heteroatoms. The summed E-state index contributed by atoms with van der Waals surface area (Å²) in [6, 6.07) is 5.73. The van der Waals surface area contributed by atoms with Gasteiger partial charge in [-0.15, -0.1) is 0 Å². The minimum absolute atomic E-state index is 0.513. The van der Waals surface area contributed by atoms with Gasteiger partial charge in [-0.3, -0.25) is 4.68 Å². The lowest BCUT2D eigenvalue weighted by atomic mass is 10.2. The molecule has 0 amide bonds. The van der Waals surface area contributed by atoms with E-state index in [1.165, 1.54) is 0 Å². The van der Waals surface area contributed by atoms with Gasteiger partial charge in [-0.1, -0.05) is 24.6 Å². The minimum Gasteiger partial charge on any atom is -0.382 e. The van der Waals surface area contributed by atoms with E-state index in [0.29, 0.717) is 10.8 Å². The Hall–Kier alpha value is -1.22. The van der Waals surface area contributed by atoms with Gasteiger partial charge in [0, 0.05) is 6.54 Å². The van der Waals surface area contributed by atoms with Gasteiger partial charge >= 0.3 is 0 Å². The lowest BCUT2D eigenvalue weighted by molar-refractivity contribution is 0.625. The Bertz CT molecular complexity index is 462. The number of nitrogens with two attached hydrogens (primary N) is 1. The van der Waals surface area contributed by atoms with Crippen LogP contribution in [0.25, 0.3) is 10.9 Å². The number of halogens is 1. The van der Waals surface area contributed by atoms with Crippen LogP contribution in [0.4, 0.5) is 5.82 Å². The van der Waals surface area contributed by atoms with Crippen LogP contribution in [0.2, 0.25) is 5.02 Å². The molecule has 0 aliphatic rings. The van der Waals surface area contributed by atoms with Crippen molar-refractivity contribution in [1.82, 2.24) is 9.78 Å². The summed E-state index contributed by atoms with van der Waals surface area (Å²) in [4.78, 5) is 0. The van der Waals surface area contributed by atoms with Crippen LogP contribution in [0.15, 0.2) is 18.2 Å². The summed E-state index contributed by atoms with van der Waals surface area (Å²) < 4.78 is 1.90. The zero-order chi connectivity index (χ0) is 10.1. The highest BCUT2D eigenvalue weighted by atomic mass is 35.5. The summed E-state index contributed by atoms with van der Waals surface area (Å²) in [5.41, 5.74) is 6.80. The average Bonchev–Trinajstić information content (AvgIpc) is 2.46. The van der Waals surface area contributed by atoms with Crippen LogP contribution in [-0.4, -0.2) is 9.78 Å². The van der Waals surface area contributed by atoms with Crippen LogP contribution in [-0.2, 0) is 6.54 Å². The lowest BCUT2D eigenvalue weighted by Crippen LogP contribution is -1.99. The molecule has 0 bridgehead atoms. The van der Waals surface area contributed by atoms with E-state index in [-0.39, 0.29) is 0 Å². The first-order chi connectivity index (χ1) is 6.74. The van der Waals surface area contributed by atoms with Crippen molar-refractivity contribution < 1.29 is 0 Å². The van der Waals surface area contributed by atoms with E-state index < -0.39 is 0 Å². The molecule has 1 aromatic carbocycles. The zero-order valence-corrected chi connectivity index (χ0v) is 8.75. The van der Waals surface area contributed by atoms with Crippen molar-refractivity contribution in [2.75, 3.05) is 5.73 Å². The largest absolute Gasteiger partial charge is 0.382 e. The molecule has 0 saturated carbocycles. The maximum absolute atomic E-state index is 6.04. The molecule has 0 unspecified atom stereocenters. The third kappa shape index (κ3) is 1.34. The van der Waals surface area contributed by atoms with Crippen LogP contribution < -0.4 is 5.73 Å². The van der Waals surface area contributed by atoms with E-state index in [0.717, 1.165) is 23.9 Å². The number of nitrogen functional groups attached to an aromatic ring is 1. The molecular formula is C10H12ClN3. The third-order valence-corrected chi connectivity index (χ3v) is 2.50. The monoisotopic (exact) mass is 209 g/mol. The number of rotatable bonds is 2. The smallest absolute Gasteiger partial charge is 0.154 e. The molecule has 74 valence electrons. The molecule has 0 atom stereocenters. The van der Waals surface area contributed by atoms with Gasteiger partial charge in [0.25, 0.3) is 0 Å². The van der Waals surface area contributed by atoms with Crippen molar-refractivity contribution in [3.05, 3.63) is 23.2 Å². The fourth-order valence-corrected chi connectivity index (χ4v) is 1.86. The van der Waals surface area contributed by atoms with Gasteiger partial charge in [-0.05, 0) is 18.6 Å². The second-order valence-electron chi connectivity index (χ2n) is 3.24. The fourth-order valence-electron chi connectivity index (χ4n) is 1.60. The summed E-state index contributed by atoms with van der Waals surface area (Å²) in [7, 11) is 0. The standard InChI is InChI=1S/C10H12ClN3/c1-2-6-14-8-5-3-4-7(11)9(8)10(12)13-14/h3-5H,2,6H2,1H3,(H2,12,13). The van der Waals surface area contributed by atoms with Crippen LogP contribution in [0.1, 0.15) is 13.3 Å². The SMILES string of the molecule is CCCn1nc(N)c2c(Cl)cccc21. The Kier molecular flexibility index (Phi) is 2.33. The number of benzene rings is 1. The van der Waals surface area contributed by atoms with Gasteiger partial charge < -0.3 is 5.73 Å². The number of hydrogen-bond acceptors (Lipinski definition) is 2. The predicted octanol–water partition coefficient (Wildman–Crippen LogP) is 2.68. The van der Waals surface area contributed by atoms with Crippen LogP contribution >= 0.6 is 11.6 Å². The highest BCUT2D eigenvalue weighted by Gasteiger charge is 2.09. The molecule has 1 heterocycles. The van der Waals surface area contributed by atoms with Crippen LogP contribution in [0.5, 0.6) is 0 Å². The quantitative estimate of drug-likeness (QED) is 0.827. The second-order valence-corrected chi connectivity index (χ2v) is 3.65. The molecule has 14 heavy (non-hydrogen) atoms. The van der Waals surface area contributed by atoms with E-state index in [4.69, 9.17) is 17.3 Å². The van der Waals surface area contributed by atoms with E-state index in [1.54, 1.807) is 0 Å². The fraction of sp³-hybridized carbons (Fsp3) is 0.300. The Morgan fingerprint density at radius 3 is 3.00 bits per heavy atom.